The van der Waals surface area contributed by atoms with Crippen molar-refractivity contribution >= 4 is 46.5 Å². The van der Waals surface area contributed by atoms with Crippen molar-refractivity contribution in [1.82, 2.24) is 20.5 Å². The van der Waals surface area contributed by atoms with Crippen molar-refractivity contribution in [2.75, 3.05) is 27.4 Å². The Morgan fingerprint density at radius 3 is 2.44 bits per heavy atom. The van der Waals surface area contributed by atoms with E-state index in [2.05, 4.69) is 20.4 Å². The fourth-order valence-electron chi connectivity index (χ4n) is 4.75. The second kappa shape index (κ2) is 13.8. The third-order valence-corrected chi connectivity index (χ3v) is 6.84. The number of aromatic amines is 1. The number of fused-ring (bicyclic) bond motifs is 1. The summed E-state index contributed by atoms with van der Waals surface area (Å²) < 4.78 is 14.5. The van der Waals surface area contributed by atoms with E-state index in [1.165, 1.54) is 14.0 Å². The third kappa shape index (κ3) is 7.83. The van der Waals surface area contributed by atoms with Crippen molar-refractivity contribution in [3.63, 3.8) is 0 Å². The lowest BCUT2D eigenvalue weighted by Crippen LogP contribution is -2.53. The molecule has 4 amide bonds. The van der Waals surface area contributed by atoms with Crippen molar-refractivity contribution in [2.24, 2.45) is 11.8 Å². The summed E-state index contributed by atoms with van der Waals surface area (Å²) in [6.45, 7) is 4.53. The molecule has 0 spiro atoms. The van der Waals surface area contributed by atoms with Gasteiger partial charge in [0, 0.05) is 30.3 Å². The Morgan fingerprint density at radius 1 is 1.10 bits per heavy atom. The number of hydrogen-bond acceptors (Lipinski definition) is 9. The van der Waals surface area contributed by atoms with Gasteiger partial charge in [-0.25, -0.2) is 4.79 Å². The number of carbonyl (C=O) groups excluding carboxylic acids is 6. The second-order valence-corrected chi connectivity index (χ2v) is 10.3. The van der Waals surface area contributed by atoms with E-state index in [-0.39, 0.29) is 31.0 Å². The quantitative estimate of drug-likeness (QED) is 0.321. The van der Waals surface area contributed by atoms with Gasteiger partial charge in [0.15, 0.2) is 12.4 Å². The number of rotatable bonds is 12. The van der Waals surface area contributed by atoms with E-state index in [4.69, 9.17) is 9.47 Å². The minimum Gasteiger partial charge on any atom is -0.496 e. The number of aromatic nitrogens is 1. The molecule has 2 heterocycles. The largest absolute Gasteiger partial charge is 0.508 e. The molecule has 2 aromatic rings. The molecule has 3 N–H and O–H groups in total. The van der Waals surface area contributed by atoms with Gasteiger partial charge < -0.3 is 29.8 Å². The van der Waals surface area contributed by atoms with Crippen molar-refractivity contribution in [2.45, 2.75) is 52.1 Å². The molecule has 0 aliphatic carbocycles. The number of carbonyl (C=O) groups is 6. The standard InChI is InChI=1S/C28H36N4O9/c1-15(2)11-21(31-26(36)22-13-18-19(29-22)7-6-8-24(18)39-4)25(35)30-20(23(34)14-41-28(38)40-5)12-17-9-10-32(16(3)33)27(17)37/h6-8,13,15,17,20-21,29H,9-12,14H2,1-5H3,(H,30,35)(H,31,36)/t17-,20-,21-/m0/s1. The molecule has 0 unspecified atom stereocenters. The van der Waals surface area contributed by atoms with Crippen LogP contribution < -0.4 is 15.4 Å². The highest BCUT2D eigenvalue weighted by Gasteiger charge is 2.38. The Hall–Kier alpha value is -4.42. The molecule has 0 radical (unpaired) electrons. The highest BCUT2D eigenvalue weighted by Crippen LogP contribution is 2.26. The van der Waals surface area contributed by atoms with E-state index in [0.717, 1.165) is 12.0 Å². The maximum atomic E-state index is 13.5. The van der Waals surface area contributed by atoms with Crippen molar-refractivity contribution < 1.29 is 43.0 Å². The summed E-state index contributed by atoms with van der Waals surface area (Å²) in [5, 5.41) is 6.06. The maximum absolute atomic E-state index is 13.5. The van der Waals surface area contributed by atoms with Crippen LogP contribution in [-0.2, 0) is 28.7 Å². The summed E-state index contributed by atoms with van der Waals surface area (Å²) >= 11 is 0. The van der Waals surface area contributed by atoms with E-state index in [1.807, 2.05) is 13.8 Å². The van der Waals surface area contributed by atoms with Crippen LogP contribution in [0.15, 0.2) is 24.3 Å². The number of amides is 4. The van der Waals surface area contributed by atoms with E-state index in [9.17, 15) is 28.8 Å². The highest BCUT2D eigenvalue weighted by atomic mass is 16.7. The first-order chi connectivity index (χ1) is 19.4. The predicted octanol–water partition coefficient (Wildman–Crippen LogP) is 1.94. The van der Waals surface area contributed by atoms with Gasteiger partial charge >= 0.3 is 6.16 Å². The van der Waals surface area contributed by atoms with Crippen molar-refractivity contribution in [3.05, 3.63) is 30.0 Å². The highest BCUT2D eigenvalue weighted by molar-refractivity contribution is 6.02. The Morgan fingerprint density at radius 2 is 1.83 bits per heavy atom. The van der Waals surface area contributed by atoms with Gasteiger partial charge in [0.1, 0.15) is 17.5 Å². The number of likely N-dealkylation sites (tertiary alicyclic amines) is 1. The van der Waals surface area contributed by atoms with Crippen LogP contribution in [0.4, 0.5) is 4.79 Å². The van der Waals surface area contributed by atoms with Crippen LogP contribution in [0.25, 0.3) is 10.9 Å². The number of nitrogens with one attached hydrogen (secondary N) is 3. The lowest BCUT2D eigenvalue weighted by atomic mass is 9.95. The summed E-state index contributed by atoms with van der Waals surface area (Å²) in [6.07, 6.45) is -0.627. The van der Waals surface area contributed by atoms with Crippen LogP contribution in [0, 0.1) is 11.8 Å². The predicted molar refractivity (Wildman–Crippen MR) is 146 cm³/mol. The summed E-state index contributed by atoms with van der Waals surface area (Å²) in [7, 11) is 2.61. The van der Waals surface area contributed by atoms with Gasteiger partial charge in [-0.15, -0.1) is 0 Å². The average molecular weight is 573 g/mol. The molecule has 1 aromatic carbocycles. The molecule has 1 fully saturated rings. The van der Waals surface area contributed by atoms with Crippen molar-refractivity contribution in [3.8, 4) is 5.75 Å². The molecule has 3 rings (SSSR count). The third-order valence-electron chi connectivity index (χ3n) is 6.84. The molecular weight excluding hydrogens is 536 g/mol. The number of ketones is 1. The van der Waals surface area contributed by atoms with Crippen LogP contribution in [-0.4, -0.2) is 84.9 Å². The SMILES string of the molecule is COC(=O)OCC(=O)[C@H](C[C@@H]1CCN(C(C)=O)C1=O)NC(=O)[C@H](CC(C)C)NC(=O)c1cc2c(OC)cccc2[nH]1. The Bertz CT molecular complexity index is 1320. The van der Waals surface area contributed by atoms with E-state index in [0.29, 0.717) is 23.1 Å². The number of benzene rings is 1. The molecule has 13 nitrogen and oxygen atoms in total. The van der Waals surface area contributed by atoms with E-state index in [1.54, 1.807) is 24.3 Å². The first-order valence-electron chi connectivity index (χ1n) is 13.3. The van der Waals surface area contributed by atoms with Gasteiger partial charge in [0.25, 0.3) is 5.91 Å². The van der Waals surface area contributed by atoms with Crippen molar-refractivity contribution in [1.29, 1.82) is 0 Å². The number of imide groups is 1. The fourth-order valence-corrected chi connectivity index (χ4v) is 4.75. The monoisotopic (exact) mass is 572 g/mol. The average Bonchev–Trinajstić information content (AvgIpc) is 3.54. The molecule has 3 atom stereocenters. The first-order valence-corrected chi connectivity index (χ1v) is 13.3. The normalized spacial score (nSPS) is 16.3. The number of hydrogen-bond donors (Lipinski definition) is 3. The smallest absolute Gasteiger partial charge is 0.496 e. The number of ether oxygens (including phenoxy) is 3. The van der Waals surface area contributed by atoms with Crippen LogP contribution in [0.1, 0.15) is 50.5 Å². The minimum atomic E-state index is -1.23. The van der Waals surface area contributed by atoms with Gasteiger partial charge in [-0.05, 0) is 43.4 Å². The Labute approximate surface area is 237 Å². The summed E-state index contributed by atoms with van der Waals surface area (Å²) in [4.78, 5) is 79.7. The number of nitrogens with zero attached hydrogens (tertiary/aromatic N) is 1. The molecule has 0 saturated carbocycles. The fraction of sp³-hybridized carbons (Fsp3) is 0.500. The zero-order valence-corrected chi connectivity index (χ0v) is 23.8. The Balaban J connectivity index is 1.79. The topological polar surface area (TPSA) is 173 Å². The van der Waals surface area contributed by atoms with Gasteiger partial charge in [-0.2, -0.15) is 0 Å². The van der Waals surface area contributed by atoms with Crippen LogP contribution in [0.5, 0.6) is 5.75 Å². The van der Waals surface area contributed by atoms with Crippen LogP contribution >= 0.6 is 0 Å². The minimum absolute atomic E-state index is 0.00815. The van der Waals surface area contributed by atoms with Crippen LogP contribution in [0.3, 0.4) is 0 Å². The Kier molecular flexibility index (Phi) is 10.5. The zero-order chi connectivity index (χ0) is 30.3. The van der Waals surface area contributed by atoms with Gasteiger partial charge in [0.2, 0.25) is 17.7 Å². The van der Waals surface area contributed by atoms with E-state index >= 15 is 0 Å². The summed E-state index contributed by atoms with van der Waals surface area (Å²) in [5.41, 5.74) is 0.891. The van der Waals surface area contributed by atoms with Gasteiger partial charge in [-0.3, -0.25) is 28.9 Å². The maximum Gasteiger partial charge on any atom is 0.508 e. The molecule has 1 aromatic heterocycles. The molecule has 0 bridgehead atoms. The van der Waals surface area contributed by atoms with Gasteiger partial charge in [0.05, 0.1) is 20.3 Å². The molecule has 13 heteroatoms. The molecular formula is C28H36N4O9. The molecule has 1 saturated heterocycles. The van der Waals surface area contributed by atoms with Gasteiger partial charge in [-0.1, -0.05) is 19.9 Å². The lowest BCUT2D eigenvalue weighted by molar-refractivity contribution is -0.142. The lowest BCUT2D eigenvalue weighted by Gasteiger charge is -2.25. The molecule has 1 aliphatic rings. The summed E-state index contributed by atoms with van der Waals surface area (Å²) in [6, 6.07) is 4.70. The molecule has 222 valence electrons. The summed E-state index contributed by atoms with van der Waals surface area (Å²) in [5.74, 6) is -2.84. The first kappa shape index (κ1) is 31.1. The van der Waals surface area contributed by atoms with E-state index < -0.39 is 60.2 Å². The molecule has 41 heavy (non-hydrogen) atoms. The second-order valence-electron chi connectivity index (χ2n) is 10.3. The number of H-pyrrole nitrogens is 1. The van der Waals surface area contributed by atoms with Crippen LogP contribution in [0.2, 0.25) is 0 Å². The number of Topliss-reactive ketones (excluding diaryl/α,β-unsaturated/α-hetero) is 1. The number of methoxy groups -OCH3 is 2. The molecule has 1 aliphatic heterocycles. The zero-order valence-electron chi connectivity index (χ0n) is 23.8.